The first-order valence-electron chi connectivity index (χ1n) is 13.9. The summed E-state index contributed by atoms with van der Waals surface area (Å²) < 4.78 is 0. The zero-order valence-corrected chi connectivity index (χ0v) is 20.7. The first kappa shape index (κ1) is 29.0. The van der Waals surface area contributed by atoms with Crippen LogP contribution in [0.25, 0.3) is 0 Å². The summed E-state index contributed by atoms with van der Waals surface area (Å²) in [5.74, 6) is 0.952. The van der Waals surface area contributed by atoms with Gasteiger partial charge in [-0.1, -0.05) is 181 Å². The van der Waals surface area contributed by atoms with E-state index in [0.29, 0.717) is 0 Å². The van der Waals surface area contributed by atoms with Crippen LogP contribution in [0.2, 0.25) is 0 Å². The van der Waals surface area contributed by atoms with Gasteiger partial charge in [-0.15, -0.1) is 0 Å². The van der Waals surface area contributed by atoms with E-state index in [9.17, 15) is 0 Å². The van der Waals surface area contributed by atoms with E-state index in [0.717, 1.165) is 18.8 Å². The fourth-order valence-electron chi connectivity index (χ4n) is 4.49. The second-order valence-corrected chi connectivity index (χ2v) is 9.81. The molecule has 0 nitrogen and oxygen atoms in total. The number of rotatable bonds is 25. The molecular formula is C29H58. The van der Waals surface area contributed by atoms with Crippen molar-refractivity contribution in [2.45, 2.75) is 167 Å². The summed E-state index contributed by atoms with van der Waals surface area (Å²) in [5, 5.41) is 0. The maximum absolute atomic E-state index is 3.93. The van der Waals surface area contributed by atoms with Crippen molar-refractivity contribution in [3.05, 3.63) is 13.8 Å². The predicted octanol–water partition coefficient (Wildman–Crippen LogP) is 11.0. The molecule has 2 radical (unpaired) electrons. The Morgan fingerprint density at radius 3 is 0.793 bits per heavy atom. The lowest BCUT2D eigenvalue weighted by Gasteiger charge is -2.11. The van der Waals surface area contributed by atoms with Gasteiger partial charge in [0.05, 0.1) is 0 Å². The molecule has 0 aromatic carbocycles. The van der Waals surface area contributed by atoms with Crippen LogP contribution in [0.15, 0.2) is 0 Å². The van der Waals surface area contributed by atoms with Gasteiger partial charge >= 0.3 is 0 Å². The lowest BCUT2D eigenvalue weighted by Crippen LogP contribution is -1.95. The molecule has 1 atom stereocenters. The quantitative estimate of drug-likeness (QED) is 0.132. The van der Waals surface area contributed by atoms with E-state index in [2.05, 4.69) is 20.8 Å². The van der Waals surface area contributed by atoms with Gasteiger partial charge in [0, 0.05) is 0 Å². The summed E-state index contributed by atoms with van der Waals surface area (Å²) in [6.07, 6.45) is 35.6. The molecule has 0 aromatic rings. The molecule has 0 aliphatic carbocycles. The van der Waals surface area contributed by atoms with Gasteiger partial charge in [-0.05, 0) is 5.92 Å². The Balaban J connectivity index is 3.08. The Morgan fingerprint density at radius 2 is 0.552 bits per heavy atom. The summed E-state index contributed by atoms with van der Waals surface area (Å²) in [5.41, 5.74) is 0. The summed E-state index contributed by atoms with van der Waals surface area (Å²) in [6.45, 7) is 10.3. The third-order valence-electron chi connectivity index (χ3n) is 6.64. The smallest absolute Gasteiger partial charge is 0.0443 e. The molecule has 0 aliphatic heterocycles. The highest BCUT2D eigenvalue weighted by Gasteiger charge is 2.02. The third kappa shape index (κ3) is 26.0. The summed E-state index contributed by atoms with van der Waals surface area (Å²) in [6, 6.07) is 0. The van der Waals surface area contributed by atoms with Crippen LogP contribution in [0.3, 0.4) is 0 Å². The van der Waals surface area contributed by atoms with E-state index in [-0.39, 0.29) is 0 Å². The zero-order valence-electron chi connectivity index (χ0n) is 20.7. The molecule has 0 heteroatoms. The van der Waals surface area contributed by atoms with Crippen molar-refractivity contribution in [3.8, 4) is 0 Å². The summed E-state index contributed by atoms with van der Waals surface area (Å²) in [4.78, 5) is 0. The average Bonchev–Trinajstić information content (AvgIpc) is 2.72. The molecule has 0 spiro atoms. The third-order valence-corrected chi connectivity index (χ3v) is 6.64. The van der Waals surface area contributed by atoms with Crippen molar-refractivity contribution in [1.82, 2.24) is 0 Å². The van der Waals surface area contributed by atoms with Crippen LogP contribution >= 0.6 is 0 Å². The molecule has 0 aromatic heterocycles. The van der Waals surface area contributed by atoms with E-state index in [1.165, 1.54) is 148 Å². The molecule has 0 heterocycles. The van der Waals surface area contributed by atoms with Crippen molar-refractivity contribution in [3.63, 3.8) is 0 Å². The Labute approximate surface area is 187 Å². The van der Waals surface area contributed by atoms with Gasteiger partial charge in [-0.2, -0.15) is 0 Å². The Kier molecular flexibility index (Phi) is 26.0. The van der Waals surface area contributed by atoms with Crippen LogP contribution in [0.1, 0.15) is 167 Å². The Morgan fingerprint density at radius 1 is 0.345 bits per heavy atom. The number of unbranched alkanes of at least 4 members (excludes halogenated alkanes) is 21. The topological polar surface area (TPSA) is 0 Å². The molecular weight excluding hydrogens is 348 g/mol. The highest BCUT2D eigenvalue weighted by atomic mass is 14.1. The van der Waals surface area contributed by atoms with Crippen molar-refractivity contribution in [2.24, 2.45) is 5.92 Å². The molecule has 0 N–H and O–H groups in total. The zero-order chi connectivity index (χ0) is 21.3. The normalized spacial score (nSPS) is 12.5. The molecule has 1 unspecified atom stereocenters. The van der Waals surface area contributed by atoms with Crippen molar-refractivity contribution < 1.29 is 0 Å². The summed E-state index contributed by atoms with van der Waals surface area (Å²) in [7, 11) is 0. The molecule has 0 fully saturated rings. The molecule has 29 heavy (non-hydrogen) atoms. The minimum absolute atomic E-state index is 0.952. The highest BCUT2D eigenvalue weighted by Crippen LogP contribution is 2.19. The molecule has 174 valence electrons. The largest absolute Gasteiger partial charge is 0.0625 e. The van der Waals surface area contributed by atoms with Gasteiger partial charge < -0.3 is 0 Å². The lowest BCUT2D eigenvalue weighted by atomic mass is 9.96. The molecule has 0 saturated carbocycles. The summed E-state index contributed by atoms with van der Waals surface area (Å²) >= 11 is 0. The SMILES string of the molecule is [CH2]CCCCCCCCCCCCCCCCCCCC(C)CCCCCC[CH2]. The number of hydrogen-bond donors (Lipinski definition) is 0. The molecule has 0 aliphatic rings. The first-order chi connectivity index (χ1) is 14.3. The van der Waals surface area contributed by atoms with Crippen molar-refractivity contribution >= 4 is 0 Å². The predicted molar refractivity (Wildman–Crippen MR) is 135 cm³/mol. The van der Waals surface area contributed by atoms with Crippen LogP contribution in [0.5, 0.6) is 0 Å². The maximum Gasteiger partial charge on any atom is -0.0443 e. The van der Waals surface area contributed by atoms with E-state index in [1.807, 2.05) is 0 Å². The van der Waals surface area contributed by atoms with Gasteiger partial charge in [0.2, 0.25) is 0 Å². The van der Waals surface area contributed by atoms with E-state index >= 15 is 0 Å². The Bertz CT molecular complexity index is 269. The minimum Gasteiger partial charge on any atom is -0.0625 e. The van der Waals surface area contributed by atoms with Gasteiger partial charge in [0.15, 0.2) is 0 Å². The second kappa shape index (κ2) is 26.0. The molecule has 0 amide bonds. The van der Waals surface area contributed by atoms with Crippen LogP contribution in [0.4, 0.5) is 0 Å². The van der Waals surface area contributed by atoms with E-state index in [1.54, 1.807) is 0 Å². The fourth-order valence-corrected chi connectivity index (χ4v) is 4.49. The highest BCUT2D eigenvalue weighted by molar-refractivity contribution is 4.56. The van der Waals surface area contributed by atoms with Crippen LogP contribution in [-0.2, 0) is 0 Å². The van der Waals surface area contributed by atoms with Crippen LogP contribution in [0, 0.1) is 19.8 Å². The van der Waals surface area contributed by atoms with Crippen LogP contribution < -0.4 is 0 Å². The average molecular weight is 407 g/mol. The lowest BCUT2D eigenvalue weighted by molar-refractivity contribution is 0.432. The van der Waals surface area contributed by atoms with Gasteiger partial charge in [0.25, 0.3) is 0 Å². The monoisotopic (exact) mass is 406 g/mol. The van der Waals surface area contributed by atoms with Crippen LogP contribution in [-0.4, -0.2) is 0 Å². The maximum atomic E-state index is 3.93. The second-order valence-electron chi connectivity index (χ2n) is 9.81. The fraction of sp³-hybridized carbons (Fsp3) is 0.931. The van der Waals surface area contributed by atoms with Crippen molar-refractivity contribution in [1.29, 1.82) is 0 Å². The van der Waals surface area contributed by atoms with Gasteiger partial charge in [0.1, 0.15) is 0 Å². The Hall–Kier alpha value is 0. The molecule has 0 bridgehead atoms. The van der Waals surface area contributed by atoms with Gasteiger partial charge in [-0.3, -0.25) is 0 Å². The van der Waals surface area contributed by atoms with Crippen molar-refractivity contribution in [2.75, 3.05) is 0 Å². The molecule has 0 saturated heterocycles. The standard InChI is InChI=1S/C29H58/c1-4-6-8-10-11-12-13-14-15-16-17-18-19-20-21-22-24-26-28-29(3)27-25-23-9-7-5-2/h29H,1-2,4-28H2,3H3. The number of hydrogen-bond acceptors (Lipinski definition) is 0. The van der Waals surface area contributed by atoms with Gasteiger partial charge in [-0.25, -0.2) is 0 Å². The van der Waals surface area contributed by atoms with E-state index < -0.39 is 0 Å². The first-order valence-corrected chi connectivity index (χ1v) is 13.9. The van der Waals surface area contributed by atoms with E-state index in [4.69, 9.17) is 0 Å². The minimum atomic E-state index is 0.952. The molecule has 0 rings (SSSR count).